The fraction of sp³-hybridized carbons (Fsp3) is 0.348. The topological polar surface area (TPSA) is 57.7 Å². The minimum Gasteiger partial charge on any atom is -0.305 e. The van der Waals surface area contributed by atoms with Crippen LogP contribution < -0.4 is 4.90 Å². The largest absolute Gasteiger partial charge is 0.305 e. The Morgan fingerprint density at radius 2 is 1.76 bits per heavy atom. The molecule has 2 unspecified atom stereocenters. The van der Waals surface area contributed by atoms with E-state index in [1.54, 1.807) is 33.5 Å². The fourth-order valence-corrected chi connectivity index (χ4v) is 5.67. The summed E-state index contributed by atoms with van der Waals surface area (Å²) in [5.74, 6) is 0.382. The highest BCUT2D eigenvalue weighted by atomic mass is 32.2. The lowest BCUT2D eigenvalue weighted by Crippen LogP contribution is -2.42. The van der Waals surface area contributed by atoms with Gasteiger partial charge in [0.05, 0.1) is 4.90 Å². The van der Waals surface area contributed by atoms with Gasteiger partial charge in [-0.1, -0.05) is 44.2 Å². The van der Waals surface area contributed by atoms with Gasteiger partial charge in [0, 0.05) is 30.9 Å². The number of para-hydroxylation sites is 1. The zero-order valence-corrected chi connectivity index (χ0v) is 17.8. The van der Waals surface area contributed by atoms with Crippen LogP contribution in [-0.2, 0) is 10.0 Å². The lowest BCUT2D eigenvalue weighted by Gasteiger charge is -2.34. The minimum absolute atomic E-state index is 0.163. The maximum atomic E-state index is 13.2. The quantitative estimate of drug-likeness (QED) is 0.669. The number of amides is 1. The van der Waals surface area contributed by atoms with Crippen molar-refractivity contribution in [1.29, 1.82) is 0 Å². The maximum Gasteiger partial charge on any atom is 0.258 e. The van der Waals surface area contributed by atoms with E-state index in [4.69, 9.17) is 0 Å². The molecule has 1 amide bonds. The molecule has 1 heterocycles. The van der Waals surface area contributed by atoms with Crippen LogP contribution in [0.2, 0.25) is 0 Å². The van der Waals surface area contributed by atoms with Gasteiger partial charge in [0.25, 0.3) is 5.91 Å². The van der Waals surface area contributed by atoms with Gasteiger partial charge in [-0.2, -0.15) is 4.31 Å². The number of benzene rings is 2. The van der Waals surface area contributed by atoms with E-state index >= 15 is 0 Å². The average Bonchev–Trinajstić information content (AvgIpc) is 2.71. The third-order valence-electron chi connectivity index (χ3n) is 5.18. The van der Waals surface area contributed by atoms with Crippen molar-refractivity contribution in [2.45, 2.75) is 25.2 Å². The smallest absolute Gasteiger partial charge is 0.258 e. The third-order valence-corrected chi connectivity index (χ3v) is 7.01. The molecular weight excluding hydrogens is 384 g/mol. The fourth-order valence-electron chi connectivity index (χ4n) is 3.94. The summed E-state index contributed by atoms with van der Waals surface area (Å²) < 4.78 is 28.0. The van der Waals surface area contributed by atoms with Gasteiger partial charge in [-0.15, -0.1) is 6.58 Å². The van der Waals surface area contributed by atoms with Gasteiger partial charge in [-0.05, 0) is 48.6 Å². The van der Waals surface area contributed by atoms with Crippen molar-refractivity contribution in [1.82, 2.24) is 4.31 Å². The summed E-state index contributed by atoms with van der Waals surface area (Å²) in [6, 6.07) is 15.6. The van der Waals surface area contributed by atoms with Gasteiger partial charge in [0.15, 0.2) is 0 Å². The Bertz CT molecular complexity index is 963. The number of piperidine rings is 1. The summed E-state index contributed by atoms with van der Waals surface area (Å²) in [6.45, 7) is 9.24. The maximum absolute atomic E-state index is 13.2. The number of hydrogen-bond donors (Lipinski definition) is 0. The zero-order valence-electron chi connectivity index (χ0n) is 17.0. The van der Waals surface area contributed by atoms with Crippen molar-refractivity contribution < 1.29 is 13.2 Å². The molecule has 0 bridgehead atoms. The van der Waals surface area contributed by atoms with E-state index in [1.807, 2.05) is 30.3 Å². The molecule has 0 saturated carbocycles. The molecule has 1 saturated heterocycles. The molecule has 2 aromatic carbocycles. The Morgan fingerprint density at radius 3 is 2.38 bits per heavy atom. The standard InChI is InChI=1S/C23H28N2O3S/c1-4-13-25(21-10-6-5-7-11-21)23(26)20-9-8-12-22(15-20)29(27,28)24-16-18(2)14-19(3)17-24/h4-12,15,18-19H,1,13-14,16-17H2,2-3H3. The van der Waals surface area contributed by atoms with E-state index in [-0.39, 0.29) is 10.8 Å². The van der Waals surface area contributed by atoms with Gasteiger partial charge >= 0.3 is 0 Å². The number of nitrogens with zero attached hydrogens (tertiary/aromatic N) is 2. The van der Waals surface area contributed by atoms with Crippen LogP contribution in [0.3, 0.4) is 0 Å². The molecule has 29 heavy (non-hydrogen) atoms. The predicted molar refractivity (Wildman–Crippen MR) is 116 cm³/mol. The second-order valence-electron chi connectivity index (χ2n) is 7.84. The summed E-state index contributed by atoms with van der Waals surface area (Å²) in [5, 5.41) is 0. The lowest BCUT2D eigenvalue weighted by molar-refractivity contribution is 0.0989. The average molecular weight is 413 g/mol. The van der Waals surface area contributed by atoms with Crippen LogP contribution in [0.5, 0.6) is 0 Å². The molecule has 0 aromatic heterocycles. The first-order valence-electron chi connectivity index (χ1n) is 9.91. The van der Waals surface area contributed by atoms with Crippen molar-refractivity contribution in [3.05, 3.63) is 72.8 Å². The first-order valence-corrected chi connectivity index (χ1v) is 11.3. The van der Waals surface area contributed by atoms with Crippen LogP contribution in [0.25, 0.3) is 0 Å². The normalized spacial score (nSPS) is 20.2. The number of rotatable bonds is 6. The minimum atomic E-state index is -3.64. The molecule has 1 aliphatic heterocycles. The molecule has 2 atom stereocenters. The van der Waals surface area contributed by atoms with Gasteiger partial charge in [-0.3, -0.25) is 4.79 Å². The van der Waals surface area contributed by atoms with Crippen LogP contribution in [0, 0.1) is 11.8 Å². The zero-order chi connectivity index (χ0) is 21.0. The molecule has 0 N–H and O–H groups in total. The Hall–Kier alpha value is -2.44. The second-order valence-corrected chi connectivity index (χ2v) is 9.77. The van der Waals surface area contributed by atoms with Crippen molar-refractivity contribution >= 4 is 21.6 Å². The van der Waals surface area contributed by atoms with Crippen molar-refractivity contribution in [2.24, 2.45) is 11.8 Å². The number of carbonyl (C=O) groups excluding carboxylic acids is 1. The monoisotopic (exact) mass is 412 g/mol. The summed E-state index contributed by atoms with van der Waals surface area (Å²) in [4.78, 5) is 14.9. The molecule has 0 radical (unpaired) electrons. The van der Waals surface area contributed by atoms with Crippen LogP contribution in [0.4, 0.5) is 5.69 Å². The SMILES string of the molecule is C=CCN(C(=O)c1cccc(S(=O)(=O)N2CC(C)CC(C)C2)c1)c1ccccc1. The molecule has 1 aliphatic rings. The molecule has 154 valence electrons. The first kappa shape index (κ1) is 21.3. The highest BCUT2D eigenvalue weighted by molar-refractivity contribution is 7.89. The second kappa shape index (κ2) is 8.93. The first-order chi connectivity index (χ1) is 13.8. The number of carbonyl (C=O) groups is 1. The Labute approximate surface area is 173 Å². The van der Waals surface area contributed by atoms with Crippen LogP contribution in [-0.4, -0.2) is 38.3 Å². The molecule has 5 nitrogen and oxygen atoms in total. The van der Waals surface area contributed by atoms with Crippen molar-refractivity contribution in [2.75, 3.05) is 24.5 Å². The van der Waals surface area contributed by atoms with Gasteiger partial charge in [0.1, 0.15) is 0 Å². The van der Waals surface area contributed by atoms with Crippen molar-refractivity contribution in [3.63, 3.8) is 0 Å². The highest BCUT2D eigenvalue weighted by Crippen LogP contribution is 2.27. The number of sulfonamides is 1. The lowest BCUT2D eigenvalue weighted by atomic mass is 9.94. The van der Waals surface area contributed by atoms with E-state index < -0.39 is 10.0 Å². The Morgan fingerprint density at radius 1 is 1.10 bits per heavy atom. The third kappa shape index (κ3) is 4.77. The summed E-state index contributed by atoms with van der Waals surface area (Å²) in [5.41, 5.74) is 1.08. The predicted octanol–water partition coefficient (Wildman–Crippen LogP) is 4.19. The number of anilines is 1. The van der Waals surface area contributed by atoms with E-state index in [2.05, 4.69) is 20.4 Å². The molecule has 3 rings (SSSR count). The van der Waals surface area contributed by atoms with E-state index in [0.717, 1.165) is 12.1 Å². The highest BCUT2D eigenvalue weighted by Gasteiger charge is 2.32. The molecule has 1 fully saturated rings. The van der Waals surface area contributed by atoms with E-state index in [1.165, 1.54) is 6.07 Å². The van der Waals surface area contributed by atoms with E-state index in [9.17, 15) is 13.2 Å². The summed E-state index contributed by atoms with van der Waals surface area (Å²) in [7, 11) is -3.64. The molecule has 2 aromatic rings. The van der Waals surface area contributed by atoms with Crippen LogP contribution in [0.15, 0.2) is 72.1 Å². The van der Waals surface area contributed by atoms with Gasteiger partial charge < -0.3 is 4.90 Å². The Balaban J connectivity index is 1.92. The van der Waals surface area contributed by atoms with E-state index in [0.29, 0.717) is 37.0 Å². The summed E-state index contributed by atoms with van der Waals surface area (Å²) >= 11 is 0. The molecule has 0 spiro atoms. The Kier molecular flexibility index (Phi) is 6.55. The molecular formula is C23H28N2O3S. The van der Waals surface area contributed by atoms with Crippen LogP contribution >= 0.6 is 0 Å². The molecule has 0 aliphatic carbocycles. The van der Waals surface area contributed by atoms with Gasteiger partial charge in [0.2, 0.25) is 10.0 Å². The van der Waals surface area contributed by atoms with Gasteiger partial charge in [-0.25, -0.2) is 8.42 Å². The number of hydrogen-bond acceptors (Lipinski definition) is 3. The van der Waals surface area contributed by atoms with Crippen molar-refractivity contribution in [3.8, 4) is 0 Å². The summed E-state index contributed by atoms with van der Waals surface area (Å²) in [6.07, 6.45) is 2.68. The van der Waals surface area contributed by atoms with Crippen LogP contribution in [0.1, 0.15) is 30.6 Å². The molecule has 6 heteroatoms.